The molecule has 0 atom stereocenters. The van der Waals surface area contributed by atoms with E-state index in [1.165, 1.54) is 13.2 Å². The van der Waals surface area contributed by atoms with Crippen LogP contribution in [0.5, 0.6) is 5.75 Å². The van der Waals surface area contributed by atoms with Gasteiger partial charge in [-0.05, 0) is 76.9 Å². The molecule has 0 heterocycles. The largest absolute Gasteiger partial charge is 0.497 e. The summed E-state index contributed by atoms with van der Waals surface area (Å²) in [4.78, 5) is 12.6. The molecule has 2 N–H and O–H groups in total. The van der Waals surface area contributed by atoms with Gasteiger partial charge in [-0.25, -0.2) is 8.42 Å². The van der Waals surface area contributed by atoms with E-state index in [9.17, 15) is 13.2 Å². The molecule has 0 radical (unpaired) electrons. The Balaban J connectivity index is 1.85. The lowest BCUT2D eigenvalue weighted by Gasteiger charge is -2.13. The van der Waals surface area contributed by atoms with Crippen molar-refractivity contribution in [1.29, 1.82) is 0 Å². The van der Waals surface area contributed by atoms with Gasteiger partial charge in [-0.1, -0.05) is 18.2 Å². The fourth-order valence-electron chi connectivity index (χ4n) is 2.68. The molecule has 6 nitrogen and oxygen atoms in total. The third-order valence-electron chi connectivity index (χ3n) is 4.20. The summed E-state index contributed by atoms with van der Waals surface area (Å²) in [6.45, 7) is 1.70. The number of halogens is 1. The summed E-state index contributed by atoms with van der Waals surface area (Å²) in [6.07, 6.45) is 0. The van der Waals surface area contributed by atoms with Gasteiger partial charge in [0.25, 0.3) is 15.9 Å². The van der Waals surface area contributed by atoms with Crippen LogP contribution in [0, 0.1) is 6.92 Å². The summed E-state index contributed by atoms with van der Waals surface area (Å²) in [5, 5.41) is 2.74. The van der Waals surface area contributed by atoms with E-state index < -0.39 is 10.0 Å². The minimum atomic E-state index is -3.85. The third-order valence-corrected chi connectivity index (χ3v) is 6.41. The van der Waals surface area contributed by atoms with E-state index in [0.29, 0.717) is 32.7 Å². The van der Waals surface area contributed by atoms with Gasteiger partial charge >= 0.3 is 0 Å². The van der Waals surface area contributed by atoms with Crippen LogP contribution in [0.15, 0.2) is 76.1 Å². The molecule has 29 heavy (non-hydrogen) atoms. The summed E-state index contributed by atoms with van der Waals surface area (Å²) in [5.41, 5.74) is 1.80. The van der Waals surface area contributed by atoms with Crippen LogP contribution in [0.4, 0.5) is 11.4 Å². The van der Waals surface area contributed by atoms with Gasteiger partial charge in [0.05, 0.1) is 17.6 Å². The molecule has 3 aromatic carbocycles. The van der Waals surface area contributed by atoms with Crippen molar-refractivity contribution in [3.8, 4) is 5.75 Å². The van der Waals surface area contributed by atoms with E-state index in [1.807, 2.05) is 6.07 Å². The molecule has 0 spiro atoms. The van der Waals surface area contributed by atoms with Crippen molar-refractivity contribution in [2.45, 2.75) is 11.8 Å². The molecule has 0 aliphatic rings. The normalized spacial score (nSPS) is 11.0. The van der Waals surface area contributed by atoms with Crippen LogP contribution in [0.2, 0.25) is 0 Å². The fraction of sp³-hybridized carbons (Fsp3) is 0.0952. The van der Waals surface area contributed by atoms with Gasteiger partial charge < -0.3 is 10.1 Å². The number of hydrogen-bond acceptors (Lipinski definition) is 4. The Hall–Kier alpha value is -2.84. The maximum absolute atomic E-state index is 12.9. The van der Waals surface area contributed by atoms with E-state index in [2.05, 4.69) is 26.0 Å². The number of sulfonamides is 1. The number of carbonyl (C=O) groups excluding carboxylic acids is 1. The van der Waals surface area contributed by atoms with Crippen LogP contribution in [0.1, 0.15) is 15.9 Å². The molecule has 150 valence electrons. The van der Waals surface area contributed by atoms with Crippen molar-refractivity contribution in [2.24, 2.45) is 0 Å². The lowest BCUT2D eigenvalue weighted by atomic mass is 10.2. The number of anilines is 2. The van der Waals surface area contributed by atoms with E-state index in [0.717, 1.165) is 0 Å². The van der Waals surface area contributed by atoms with Gasteiger partial charge in [-0.15, -0.1) is 0 Å². The molecule has 1 amide bonds. The Morgan fingerprint density at radius 2 is 1.62 bits per heavy atom. The zero-order chi connectivity index (χ0) is 21.0. The zero-order valence-electron chi connectivity index (χ0n) is 15.8. The molecular weight excluding hydrogens is 456 g/mol. The predicted octanol–water partition coefficient (Wildman–Crippen LogP) is 4.82. The standard InChI is InChI=1S/C21H19BrN2O4S/c1-14-7-8-16(23-21(25)18-5-3-4-6-19(18)22)13-20(14)29(26,27)24-15-9-11-17(28-2)12-10-15/h3-13,24H,1-2H3,(H,23,25). The number of amides is 1. The lowest BCUT2D eigenvalue weighted by molar-refractivity contribution is 0.102. The fourth-order valence-corrected chi connectivity index (χ4v) is 4.48. The Morgan fingerprint density at radius 3 is 2.28 bits per heavy atom. The number of methoxy groups -OCH3 is 1. The van der Waals surface area contributed by atoms with Crippen molar-refractivity contribution in [2.75, 3.05) is 17.1 Å². The monoisotopic (exact) mass is 474 g/mol. The Bertz CT molecular complexity index is 1150. The molecule has 0 fully saturated rings. The van der Waals surface area contributed by atoms with Gasteiger partial charge in [0.1, 0.15) is 5.75 Å². The van der Waals surface area contributed by atoms with Crippen LogP contribution in [-0.4, -0.2) is 21.4 Å². The Labute approximate surface area is 178 Å². The van der Waals surface area contributed by atoms with Gasteiger partial charge in [0.2, 0.25) is 0 Å². The van der Waals surface area contributed by atoms with Crippen LogP contribution < -0.4 is 14.8 Å². The predicted molar refractivity (Wildman–Crippen MR) is 117 cm³/mol. The van der Waals surface area contributed by atoms with Crippen molar-refractivity contribution in [3.05, 3.63) is 82.3 Å². The highest BCUT2D eigenvalue weighted by atomic mass is 79.9. The van der Waals surface area contributed by atoms with Crippen LogP contribution in [0.3, 0.4) is 0 Å². The minimum Gasteiger partial charge on any atom is -0.497 e. The summed E-state index contributed by atoms with van der Waals surface area (Å²) in [5.74, 6) is 0.286. The number of benzene rings is 3. The second-order valence-corrected chi connectivity index (χ2v) is 8.75. The Kier molecular flexibility index (Phi) is 6.24. The SMILES string of the molecule is COc1ccc(NS(=O)(=O)c2cc(NC(=O)c3ccccc3Br)ccc2C)cc1. The third kappa shape index (κ3) is 4.96. The van der Waals surface area contributed by atoms with E-state index in [1.54, 1.807) is 61.5 Å². The lowest BCUT2D eigenvalue weighted by Crippen LogP contribution is -2.16. The summed E-state index contributed by atoms with van der Waals surface area (Å²) in [6, 6.07) is 18.3. The molecule has 0 saturated carbocycles. The van der Waals surface area contributed by atoms with Crippen LogP contribution in [0.25, 0.3) is 0 Å². The zero-order valence-corrected chi connectivity index (χ0v) is 18.2. The average molecular weight is 475 g/mol. The quantitative estimate of drug-likeness (QED) is 0.536. The van der Waals surface area contributed by atoms with E-state index in [4.69, 9.17) is 4.74 Å². The van der Waals surface area contributed by atoms with E-state index in [-0.39, 0.29) is 10.8 Å². The number of aryl methyl sites for hydroxylation is 1. The van der Waals surface area contributed by atoms with Gasteiger partial charge in [-0.3, -0.25) is 9.52 Å². The van der Waals surface area contributed by atoms with Gasteiger partial charge in [-0.2, -0.15) is 0 Å². The number of ether oxygens (including phenoxy) is 1. The first-order chi connectivity index (χ1) is 13.8. The number of rotatable bonds is 6. The Morgan fingerprint density at radius 1 is 0.966 bits per heavy atom. The molecule has 0 aromatic heterocycles. The summed E-state index contributed by atoms with van der Waals surface area (Å²) in [7, 11) is -2.31. The molecule has 0 unspecified atom stereocenters. The number of nitrogens with one attached hydrogen (secondary N) is 2. The minimum absolute atomic E-state index is 0.0817. The molecule has 0 saturated heterocycles. The maximum atomic E-state index is 12.9. The van der Waals surface area contributed by atoms with E-state index >= 15 is 0 Å². The molecule has 3 rings (SSSR count). The smallest absolute Gasteiger partial charge is 0.262 e. The molecule has 0 aliphatic heterocycles. The van der Waals surface area contributed by atoms with Crippen molar-refractivity contribution < 1.29 is 17.9 Å². The van der Waals surface area contributed by atoms with Gasteiger partial charge in [0.15, 0.2) is 0 Å². The number of carbonyl (C=O) groups is 1. The number of hydrogen-bond donors (Lipinski definition) is 2. The van der Waals surface area contributed by atoms with Crippen LogP contribution in [-0.2, 0) is 10.0 Å². The summed E-state index contributed by atoms with van der Waals surface area (Å²) < 4.78 is 34.0. The topological polar surface area (TPSA) is 84.5 Å². The maximum Gasteiger partial charge on any atom is 0.262 e. The van der Waals surface area contributed by atoms with Gasteiger partial charge in [0, 0.05) is 15.8 Å². The molecule has 3 aromatic rings. The molecular formula is C21H19BrN2O4S. The van der Waals surface area contributed by atoms with Crippen molar-refractivity contribution in [1.82, 2.24) is 0 Å². The molecule has 8 heteroatoms. The van der Waals surface area contributed by atoms with Crippen LogP contribution >= 0.6 is 15.9 Å². The second kappa shape index (κ2) is 8.67. The molecule has 0 aliphatic carbocycles. The highest BCUT2D eigenvalue weighted by Crippen LogP contribution is 2.25. The first-order valence-corrected chi connectivity index (χ1v) is 10.9. The summed E-state index contributed by atoms with van der Waals surface area (Å²) >= 11 is 3.34. The first-order valence-electron chi connectivity index (χ1n) is 8.63. The second-order valence-electron chi connectivity index (χ2n) is 6.25. The first kappa shape index (κ1) is 20.9. The average Bonchev–Trinajstić information content (AvgIpc) is 2.70. The van der Waals surface area contributed by atoms with Crippen molar-refractivity contribution >= 4 is 43.2 Å². The molecule has 0 bridgehead atoms. The van der Waals surface area contributed by atoms with Crippen molar-refractivity contribution in [3.63, 3.8) is 0 Å². The highest BCUT2D eigenvalue weighted by molar-refractivity contribution is 9.10. The highest BCUT2D eigenvalue weighted by Gasteiger charge is 2.19.